The first-order valence-electron chi connectivity index (χ1n) is 8.20. The summed E-state index contributed by atoms with van der Waals surface area (Å²) in [6.45, 7) is 9.90. The van der Waals surface area contributed by atoms with E-state index < -0.39 is 6.09 Å². The number of rotatable bonds is 3. The third-order valence-electron chi connectivity index (χ3n) is 4.81. The molecule has 0 aromatic heterocycles. The van der Waals surface area contributed by atoms with Crippen molar-refractivity contribution in [3.05, 3.63) is 0 Å². The van der Waals surface area contributed by atoms with Crippen LogP contribution in [0.3, 0.4) is 0 Å². The molecular formula is C16H30N2O3. The molecule has 2 saturated heterocycles. The summed E-state index contributed by atoms with van der Waals surface area (Å²) < 4.78 is 6.07. The van der Waals surface area contributed by atoms with E-state index in [2.05, 4.69) is 26.1 Å². The molecule has 2 aliphatic rings. The molecule has 122 valence electrons. The molecule has 5 nitrogen and oxygen atoms in total. The maximum absolute atomic E-state index is 11.4. The van der Waals surface area contributed by atoms with E-state index in [9.17, 15) is 9.90 Å². The summed E-state index contributed by atoms with van der Waals surface area (Å²) in [7, 11) is 0. The van der Waals surface area contributed by atoms with E-state index in [1.54, 1.807) is 4.90 Å². The van der Waals surface area contributed by atoms with Gasteiger partial charge in [0, 0.05) is 19.2 Å². The molecular weight excluding hydrogens is 268 g/mol. The molecule has 0 saturated carbocycles. The van der Waals surface area contributed by atoms with Gasteiger partial charge in [-0.25, -0.2) is 4.79 Å². The summed E-state index contributed by atoms with van der Waals surface area (Å²) in [5, 5.41) is 12.7. The number of likely N-dealkylation sites (tertiary alicyclic amines) is 1. The molecule has 2 rings (SSSR count). The highest BCUT2D eigenvalue weighted by Crippen LogP contribution is 2.35. The zero-order valence-electron chi connectivity index (χ0n) is 13.6. The molecule has 1 amide bonds. The lowest BCUT2D eigenvalue weighted by atomic mass is 9.77. The number of nitrogens with one attached hydrogen (secondary N) is 1. The summed E-state index contributed by atoms with van der Waals surface area (Å²) in [4.78, 5) is 13.0. The monoisotopic (exact) mass is 298 g/mol. The predicted molar refractivity (Wildman–Crippen MR) is 82.5 cm³/mol. The molecule has 2 unspecified atom stereocenters. The van der Waals surface area contributed by atoms with Crippen molar-refractivity contribution >= 4 is 6.09 Å². The number of carboxylic acid groups (broad SMARTS) is 1. The van der Waals surface area contributed by atoms with Gasteiger partial charge in [-0.1, -0.05) is 20.8 Å². The Balaban J connectivity index is 1.86. The van der Waals surface area contributed by atoms with E-state index in [4.69, 9.17) is 4.74 Å². The van der Waals surface area contributed by atoms with Crippen molar-refractivity contribution < 1.29 is 14.6 Å². The molecule has 2 fully saturated rings. The average molecular weight is 298 g/mol. The third-order valence-corrected chi connectivity index (χ3v) is 4.81. The van der Waals surface area contributed by atoms with E-state index in [1.807, 2.05) is 0 Å². The maximum Gasteiger partial charge on any atom is 0.407 e. The number of hydrogen-bond donors (Lipinski definition) is 2. The van der Waals surface area contributed by atoms with Crippen LogP contribution in [0.2, 0.25) is 0 Å². The van der Waals surface area contributed by atoms with Gasteiger partial charge in [0.2, 0.25) is 0 Å². The van der Waals surface area contributed by atoms with Gasteiger partial charge in [-0.2, -0.15) is 0 Å². The molecule has 2 heterocycles. The lowest BCUT2D eigenvalue weighted by Gasteiger charge is -2.44. The predicted octanol–water partition coefficient (Wildman–Crippen LogP) is 2.56. The van der Waals surface area contributed by atoms with Crippen LogP contribution in [0.1, 0.15) is 46.5 Å². The minimum atomic E-state index is -0.785. The highest BCUT2D eigenvalue weighted by atomic mass is 16.5. The zero-order chi connectivity index (χ0) is 15.5. The van der Waals surface area contributed by atoms with Crippen molar-refractivity contribution in [3.8, 4) is 0 Å². The van der Waals surface area contributed by atoms with Gasteiger partial charge in [0.05, 0.1) is 6.10 Å². The van der Waals surface area contributed by atoms with Crippen LogP contribution in [-0.4, -0.2) is 54.5 Å². The largest absolute Gasteiger partial charge is 0.465 e. The first-order chi connectivity index (χ1) is 9.88. The van der Waals surface area contributed by atoms with Crippen molar-refractivity contribution in [1.82, 2.24) is 10.2 Å². The Bertz CT molecular complexity index is 348. The fourth-order valence-electron chi connectivity index (χ4n) is 3.47. The van der Waals surface area contributed by atoms with Crippen molar-refractivity contribution in [2.45, 2.75) is 58.6 Å². The Labute approximate surface area is 128 Å². The normalized spacial score (nSPS) is 28.6. The van der Waals surface area contributed by atoms with Crippen LogP contribution in [0.5, 0.6) is 0 Å². The number of nitrogens with zero attached hydrogens (tertiary/aromatic N) is 1. The number of carbonyl (C=O) groups is 1. The van der Waals surface area contributed by atoms with Gasteiger partial charge in [-0.15, -0.1) is 0 Å². The topological polar surface area (TPSA) is 61.8 Å². The second-order valence-corrected chi connectivity index (χ2v) is 7.53. The smallest absolute Gasteiger partial charge is 0.407 e. The number of ether oxygens (including phenoxy) is 1. The van der Waals surface area contributed by atoms with Crippen LogP contribution in [0.4, 0.5) is 4.79 Å². The molecule has 5 heteroatoms. The van der Waals surface area contributed by atoms with Crippen molar-refractivity contribution in [3.63, 3.8) is 0 Å². The second kappa shape index (κ2) is 6.97. The van der Waals surface area contributed by atoms with Crippen LogP contribution in [0.15, 0.2) is 0 Å². The number of amides is 1. The van der Waals surface area contributed by atoms with E-state index in [1.165, 1.54) is 0 Å². The Hall–Kier alpha value is -0.810. The standard InChI is InChI=1S/C16H30N2O3/c1-16(2,3)14-10-12(6-9-18(14)15(19)20)11-21-13-4-7-17-8-5-13/h12-14,17H,4-11H2,1-3H3,(H,19,20). The van der Waals surface area contributed by atoms with E-state index in [0.717, 1.165) is 45.4 Å². The van der Waals surface area contributed by atoms with E-state index in [0.29, 0.717) is 18.6 Å². The van der Waals surface area contributed by atoms with Crippen LogP contribution in [-0.2, 0) is 4.74 Å². The quantitative estimate of drug-likeness (QED) is 0.840. The Morgan fingerprint density at radius 1 is 1.29 bits per heavy atom. The van der Waals surface area contributed by atoms with Crippen LogP contribution in [0.25, 0.3) is 0 Å². The molecule has 0 spiro atoms. The zero-order valence-corrected chi connectivity index (χ0v) is 13.6. The van der Waals surface area contributed by atoms with Gasteiger partial charge >= 0.3 is 6.09 Å². The summed E-state index contributed by atoms with van der Waals surface area (Å²) in [5.41, 5.74) is -0.0220. The molecule has 21 heavy (non-hydrogen) atoms. The van der Waals surface area contributed by atoms with Gasteiger partial charge in [0.1, 0.15) is 0 Å². The molecule has 2 atom stereocenters. The highest BCUT2D eigenvalue weighted by Gasteiger charge is 2.38. The molecule has 0 bridgehead atoms. The van der Waals surface area contributed by atoms with Gasteiger partial charge in [-0.05, 0) is 50.1 Å². The Morgan fingerprint density at radius 2 is 1.95 bits per heavy atom. The number of hydrogen-bond acceptors (Lipinski definition) is 3. The first kappa shape index (κ1) is 16.6. The van der Waals surface area contributed by atoms with Crippen LogP contribution >= 0.6 is 0 Å². The summed E-state index contributed by atoms with van der Waals surface area (Å²) in [5.74, 6) is 0.486. The summed E-state index contributed by atoms with van der Waals surface area (Å²) in [6.07, 6.45) is 3.63. The minimum absolute atomic E-state index is 0.0220. The van der Waals surface area contributed by atoms with Gasteiger partial charge in [0.15, 0.2) is 0 Å². The fraction of sp³-hybridized carbons (Fsp3) is 0.938. The molecule has 2 aliphatic heterocycles. The van der Waals surface area contributed by atoms with Crippen LogP contribution in [0, 0.1) is 11.3 Å². The summed E-state index contributed by atoms with van der Waals surface area (Å²) in [6, 6.07) is 0.0883. The molecule has 0 aromatic rings. The van der Waals surface area contributed by atoms with Crippen molar-refractivity contribution in [2.75, 3.05) is 26.2 Å². The maximum atomic E-state index is 11.4. The van der Waals surface area contributed by atoms with Crippen molar-refractivity contribution in [2.24, 2.45) is 11.3 Å². The van der Waals surface area contributed by atoms with E-state index >= 15 is 0 Å². The minimum Gasteiger partial charge on any atom is -0.465 e. The van der Waals surface area contributed by atoms with Crippen molar-refractivity contribution in [1.29, 1.82) is 0 Å². The molecule has 0 aliphatic carbocycles. The highest BCUT2D eigenvalue weighted by molar-refractivity contribution is 5.65. The lowest BCUT2D eigenvalue weighted by molar-refractivity contribution is -0.0228. The average Bonchev–Trinajstić information content (AvgIpc) is 2.45. The van der Waals surface area contributed by atoms with Gasteiger partial charge < -0.3 is 20.1 Å². The number of piperidine rings is 2. The molecule has 0 aromatic carbocycles. The van der Waals surface area contributed by atoms with Gasteiger partial charge in [0.25, 0.3) is 0 Å². The Kier molecular flexibility index (Phi) is 5.49. The van der Waals surface area contributed by atoms with E-state index in [-0.39, 0.29) is 11.5 Å². The van der Waals surface area contributed by atoms with Crippen LogP contribution < -0.4 is 5.32 Å². The third kappa shape index (κ3) is 4.58. The molecule has 0 radical (unpaired) electrons. The van der Waals surface area contributed by atoms with Gasteiger partial charge in [-0.3, -0.25) is 0 Å². The second-order valence-electron chi connectivity index (χ2n) is 7.53. The fourth-order valence-corrected chi connectivity index (χ4v) is 3.47. The molecule has 2 N–H and O–H groups in total. The summed E-state index contributed by atoms with van der Waals surface area (Å²) >= 11 is 0. The first-order valence-corrected chi connectivity index (χ1v) is 8.20. The lowest BCUT2D eigenvalue weighted by Crippen LogP contribution is -2.52. The SMILES string of the molecule is CC(C)(C)C1CC(COC2CCNCC2)CCN1C(=O)O. The Morgan fingerprint density at radius 3 is 2.52 bits per heavy atom.